The summed E-state index contributed by atoms with van der Waals surface area (Å²) in [4.78, 5) is 2.30. The molecule has 0 saturated carbocycles. The summed E-state index contributed by atoms with van der Waals surface area (Å²) in [6.07, 6.45) is 14.7. The second kappa shape index (κ2) is 12.2. The third kappa shape index (κ3) is 12.0. The lowest BCUT2D eigenvalue weighted by atomic mass is 10.0. The molecule has 0 rings (SSSR count). The van der Waals surface area contributed by atoms with Crippen LogP contribution in [-0.4, -0.2) is 25.5 Å². The first-order valence-corrected chi connectivity index (χ1v) is 7.53. The Morgan fingerprint density at radius 1 is 0.882 bits per heavy atom. The van der Waals surface area contributed by atoms with Crippen LogP contribution in [-0.2, 0) is 0 Å². The van der Waals surface area contributed by atoms with Crippen molar-refractivity contribution >= 4 is 0 Å². The van der Waals surface area contributed by atoms with Crippen LogP contribution in [0.4, 0.5) is 0 Å². The lowest BCUT2D eigenvalue weighted by Crippen LogP contribution is -2.15. The molecule has 0 heterocycles. The molecule has 17 heavy (non-hydrogen) atoms. The van der Waals surface area contributed by atoms with E-state index < -0.39 is 0 Å². The highest BCUT2D eigenvalue weighted by molar-refractivity contribution is 5.04. The number of nitrogens with zero attached hydrogens (tertiary/aromatic N) is 1. The van der Waals surface area contributed by atoms with E-state index in [1.54, 1.807) is 5.57 Å². The Balaban J connectivity index is 3.84. The van der Waals surface area contributed by atoms with Crippen LogP contribution < -0.4 is 0 Å². The third-order valence-corrected chi connectivity index (χ3v) is 3.11. The van der Waals surface area contributed by atoms with Gasteiger partial charge in [0.2, 0.25) is 0 Å². The van der Waals surface area contributed by atoms with Gasteiger partial charge in [-0.25, -0.2) is 0 Å². The lowest BCUT2D eigenvalue weighted by Gasteiger charge is -2.13. The van der Waals surface area contributed by atoms with Gasteiger partial charge < -0.3 is 4.90 Å². The summed E-state index contributed by atoms with van der Waals surface area (Å²) >= 11 is 0. The molecule has 0 atom stereocenters. The van der Waals surface area contributed by atoms with E-state index in [4.69, 9.17) is 0 Å². The Hall–Kier alpha value is -0.300. The smallest absolute Gasteiger partial charge is 0.0186 e. The van der Waals surface area contributed by atoms with Crippen molar-refractivity contribution < 1.29 is 0 Å². The van der Waals surface area contributed by atoms with Crippen molar-refractivity contribution in [1.82, 2.24) is 4.90 Å². The zero-order valence-corrected chi connectivity index (χ0v) is 12.6. The van der Waals surface area contributed by atoms with E-state index in [2.05, 4.69) is 38.9 Å². The zero-order valence-electron chi connectivity index (χ0n) is 12.6. The minimum Gasteiger partial charge on any atom is -0.305 e. The fraction of sp³-hybridized carbons (Fsp3) is 0.875. The highest BCUT2D eigenvalue weighted by Gasteiger charge is 1.99. The summed E-state index contributed by atoms with van der Waals surface area (Å²) in [6.45, 7) is 5.70. The Morgan fingerprint density at radius 3 is 2.12 bits per heavy atom. The molecule has 1 heteroatoms. The molecule has 0 spiro atoms. The summed E-state index contributed by atoms with van der Waals surface area (Å²) in [5.74, 6) is 0. The van der Waals surface area contributed by atoms with E-state index in [9.17, 15) is 0 Å². The van der Waals surface area contributed by atoms with E-state index in [1.165, 1.54) is 57.8 Å². The monoisotopic (exact) mass is 239 g/mol. The lowest BCUT2D eigenvalue weighted by molar-refractivity contribution is 0.436. The first-order chi connectivity index (χ1) is 8.20. The summed E-state index contributed by atoms with van der Waals surface area (Å²) in [5, 5.41) is 0. The molecule has 1 nitrogen and oxygen atoms in total. The molecule has 0 aromatic carbocycles. The number of allylic oxidation sites excluding steroid dienone is 1. The van der Waals surface area contributed by atoms with Crippen molar-refractivity contribution in [3.63, 3.8) is 0 Å². The minimum atomic E-state index is 1.15. The van der Waals surface area contributed by atoms with Crippen LogP contribution in [0.1, 0.15) is 71.6 Å². The highest BCUT2D eigenvalue weighted by Crippen LogP contribution is 2.12. The van der Waals surface area contributed by atoms with Gasteiger partial charge in [-0.3, -0.25) is 0 Å². The maximum absolute atomic E-state index is 2.51. The standard InChI is InChI=1S/C16H33N/c1-5-7-9-10-12-14-16(15-17(3)4)13-11-8-6-2/h14H,5-13,15H2,1-4H3. The van der Waals surface area contributed by atoms with Gasteiger partial charge in [-0.2, -0.15) is 0 Å². The maximum atomic E-state index is 2.51. The van der Waals surface area contributed by atoms with Crippen molar-refractivity contribution in [3.8, 4) is 0 Å². The van der Waals surface area contributed by atoms with Crippen LogP contribution in [0, 0.1) is 0 Å². The molecule has 0 aliphatic carbocycles. The van der Waals surface area contributed by atoms with Crippen molar-refractivity contribution in [2.45, 2.75) is 71.6 Å². The fourth-order valence-electron chi connectivity index (χ4n) is 2.13. The fourth-order valence-corrected chi connectivity index (χ4v) is 2.13. The van der Waals surface area contributed by atoms with Crippen LogP contribution in [0.15, 0.2) is 11.6 Å². The molecule has 0 N–H and O–H groups in total. The number of likely N-dealkylation sites (N-methyl/N-ethyl adjacent to an activating group) is 1. The van der Waals surface area contributed by atoms with Crippen LogP contribution in [0.5, 0.6) is 0 Å². The minimum absolute atomic E-state index is 1.15. The Bertz CT molecular complexity index is 182. The first-order valence-electron chi connectivity index (χ1n) is 7.53. The average molecular weight is 239 g/mol. The van der Waals surface area contributed by atoms with Crippen molar-refractivity contribution in [3.05, 3.63) is 11.6 Å². The topological polar surface area (TPSA) is 3.24 Å². The Morgan fingerprint density at radius 2 is 1.53 bits per heavy atom. The molecule has 0 aliphatic rings. The molecule has 0 unspecified atom stereocenters. The van der Waals surface area contributed by atoms with Crippen molar-refractivity contribution in [2.75, 3.05) is 20.6 Å². The van der Waals surface area contributed by atoms with Gasteiger partial charge in [0, 0.05) is 6.54 Å². The summed E-state index contributed by atoms with van der Waals surface area (Å²) < 4.78 is 0. The molecular formula is C16H33N. The molecule has 0 saturated heterocycles. The molecule has 0 aromatic rings. The van der Waals surface area contributed by atoms with E-state index >= 15 is 0 Å². The third-order valence-electron chi connectivity index (χ3n) is 3.11. The van der Waals surface area contributed by atoms with E-state index in [0.29, 0.717) is 0 Å². The molecule has 0 radical (unpaired) electrons. The van der Waals surface area contributed by atoms with Gasteiger partial charge >= 0.3 is 0 Å². The van der Waals surface area contributed by atoms with Crippen molar-refractivity contribution in [1.29, 1.82) is 0 Å². The molecule has 0 fully saturated rings. The summed E-state index contributed by atoms with van der Waals surface area (Å²) in [6, 6.07) is 0. The normalized spacial score (nSPS) is 12.4. The van der Waals surface area contributed by atoms with Gasteiger partial charge in [-0.05, 0) is 39.8 Å². The second-order valence-electron chi connectivity index (χ2n) is 5.41. The van der Waals surface area contributed by atoms with E-state index in [1.807, 2.05) is 0 Å². The first kappa shape index (κ1) is 16.7. The summed E-state index contributed by atoms with van der Waals surface area (Å²) in [5.41, 5.74) is 1.65. The zero-order chi connectivity index (χ0) is 12.9. The van der Waals surface area contributed by atoms with Gasteiger partial charge in [0.05, 0.1) is 0 Å². The van der Waals surface area contributed by atoms with E-state index in [-0.39, 0.29) is 0 Å². The van der Waals surface area contributed by atoms with Crippen LogP contribution in [0.2, 0.25) is 0 Å². The number of hydrogen-bond acceptors (Lipinski definition) is 1. The predicted octanol–water partition coefficient (Wildman–Crippen LogP) is 5.03. The summed E-state index contributed by atoms with van der Waals surface area (Å²) in [7, 11) is 4.34. The average Bonchev–Trinajstić information content (AvgIpc) is 2.28. The van der Waals surface area contributed by atoms with Crippen molar-refractivity contribution in [2.24, 2.45) is 0 Å². The van der Waals surface area contributed by atoms with Gasteiger partial charge in [-0.15, -0.1) is 0 Å². The molecular weight excluding hydrogens is 206 g/mol. The number of rotatable bonds is 11. The molecule has 0 aromatic heterocycles. The maximum Gasteiger partial charge on any atom is 0.0186 e. The Kier molecular flexibility index (Phi) is 12.0. The predicted molar refractivity (Wildman–Crippen MR) is 79.5 cm³/mol. The van der Waals surface area contributed by atoms with Crippen LogP contribution in [0.3, 0.4) is 0 Å². The molecule has 102 valence electrons. The largest absolute Gasteiger partial charge is 0.305 e. The highest BCUT2D eigenvalue weighted by atomic mass is 15.0. The van der Waals surface area contributed by atoms with Crippen LogP contribution >= 0.6 is 0 Å². The quantitative estimate of drug-likeness (QED) is 0.361. The molecule has 0 amide bonds. The van der Waals surface area contributed by atoms with Gasteiger partial charge in [0.25, 0.3) is 0 Å². The number of unbranched alkanes of at least 4 members (excludes halogenated alkanes) is 6. The second-order valence-corrected chi connectivity index (χ2v) is 5.41. The van der Waals surface area contributed by atoms with Crippen LogP contribution in [0.25, 0.3) is 0 Å². The molecule has 0 aliphatic heterocycles. The molecule has 0 bridgehead atoms. The van der Waals surface area contributed by atoms with Gasteiger partial charge in [0.15, 0.2) is 0 Å². The SMILES string of the molecule is CCCCCCC=C(CCCCC)CN(C)C. The Labute approximate surface area is 109 Å². The number of hydrogen-bond donors (Lipinski definition) is 0. The van der Waals surface area contributed by atoms with E-state index in [0.717, 1.165) is 6.54 Å². The van der Waals surface area contributed by atoms with Gasteiger partial charge in [0.1, 0.15) is 0 Å². The van der Waals surface area contributed by atoms with Gasteiger partial charge in [-0.1, -0.05) is 57.6 Å².